The fourth-order valence-corrected chi connectivity index (χ4v) is 2.79. The zero-order valence-corrected chi connectivity index (χ0v) is 12.3. The van der Waals surface area contributed by atoms with Gasteiger partial charge in [0, 0.05) is 29.3 Å². The Morgan fingerprint density at radius 2 is 2.29 bits per heavy atom. The van der Waals surface area contributed by atoms with Gasteiger partial charge in [0.25, 0.3) is 11.5 Å². The minimum absolute atomic E-state index is 0.0212. The second kappa shape index (κ2) is 5.67. The van der Waals surface area contributed by atoms with Crippen LogP contribution in [0.5, 0.6) is 0 Å². The third-order valence-corrected chi connectivity index (χ3v) is 3.94. The molecule has 0 unspecified atom stereocenters. The van der Waals surface area contributed by atoms with Crippen LogP contribution in [0.15, 0.2) is 46.8 Å². The maximum Gasteiger partial charge on any atom is 0.271 e. The number of benzene rings is 1. The van der Waals surface area contributed by atoms with E-state index < -0.39 is 5.91 Å². The van der Waals surface area contributed by atoms with Gasteiger partial charge in [-0.2, -0.15) is 0 Å². The van der Waals surface area contributed by atoms with Gasteiger partial charge in [-0.25, -0.2) is 4.98 Å². The molecule has 7 heteroatoms. The smallest absolute Gasteiger partial charge is 0.271 e. The molecule has 3 rings (SSSR count). The molecule has 1 amide bonds. The fourth-order valence-electron chi connectivity index (χ4n) is 1.90. The zero-order valence-electron chi connectivity index (χ0n) is 10.7. The first kappa shape index (κ1) is 13.8. The molecule has 5 nitrogen and oxygen atoms in total. The average Bonchev–Trinajstić information content (AvgIpc) is 2.95. The Hall–Kier alpha value is -2.18. The van der Waals surface area contributed by atoms with Crippen molar-refractivity contribution in [3.63, 3.8) is 0 Å². The van der Waals surface area contributed by atoms with E-state index in [1.165, 1.54) is 21.9 Å². The van der Waals surface area contributed by atoms with Gasteiger partial charge in [0.15, 0.2) is 4.96 Å². The number of thiazole rings is 1. The van der Waals surface area contributed by atoms with Gasteiger partial charge in [-0.05, 0) is 17.7 Å². The number of halogens is 1. The standard InChI is InChI=1S/C14H10ClN3O2S/c15-10-3-1-2-9(6-10)7-16-12(19)11-8-17-14-18(13(11)20)4-5-21-14/h1-6,8H,7H2,(H,16,19). The molecule has 106 valence electrons. The maximum absolute atomic E-state index is 12.1. The number of rotatable bonds is 3. The van der Waals surface area contributed by atoms with Crippen LogP contribution in [0.2, 0.25) is 5.02 Å². The highest BCUT2D eigenvalue weighted by Crippen LogP contribution is 2.10. The van der Waals surface area contributed by atoms with Crippen LogP contribution < -0.4 is 10.9 Å². The quantitative estimate of drug-likeness (QED) is 0.806. The van der Waals surface area contributed by atoms with Crippen LogP contribution in [0.25, 0.3) is 4.96 Å². The predicted octanol–water partition coefficient (Wildman–Crippen LogP) is 2.34. The second-order valence-electron chi connectivity index (χ2n) is 4.35. The number of nitrogens with zero attached hydrogens (tertiary/aromatic N) is 2. The molecule has 0 radical (unpaired) electrons. The molecule has 3 aromatic rings. The Morgan fingerprint density at radius 3 is 3.10 bits per heavy atom. The minimum Gasteiger partial charge on any atom is -0.348 e. The summed E-state index contributed by atoms with van der Waals surface area (Å²) >= 11 is 7.22. The largest absolute Gasteiger partial charge is 0.348 e. The van der Waals surface area contributed by atoms with Crippen LogP contribution >= 0.6 is 22.9 Å². The Bertz CT molecular complexity index is 872. The highest BCUT2D eigenvalue weighted by atomic mass is 35.5. The topological polar surface area (TPSA) is 63.5 Å². The van der Waals surface area contributed by atoms with Crippen LogP contribution in [0.4, 0.5) is 0 Å². The Labute approximate surface area is 128 Å². The van der Waals surface area contributed by atoms with E-state index in [-0.39, 0.29) is 11.1 Å². The molecule has 0 spiro atoms. The molecule has 0 bridgehead atoms. The van der Waals surface area contributed by atoms with Crippen molar-refractivity contribution >= 4 is 33.8 Å². The molecule has 0 aliphatic carbocycles. The summed E-state index contributed by atoms with van der Waals surface area (Å²) in [4.78, 5) is 28.9. The van der Waals surface area contributed by atoms with Gasteiger partial charge in [-0.15, -0.1) is 11.3 Å². The lowest BCUT2D eigenvalue weighted by atomic mass is 10.2. The van der Waals surface area contributed by atoms with Crippen molar-refractivity contribution in [3.8, 4) is 0 Å². The monoisotopic (exact) mass is 319 g/mol. The molecule has 0 saturated carbocycles. The molecule has 2 aromatic heterocycles. The predicted molar refractivity (Wildman–Crippen MR) is 82.0 cm³/mol. The summed E-state index contributed by atoms with van der Waals surface area (Å²) in [5.41, 5.74) is 0.512. The van der Waals surface area contributed by atoms with E-state index >= 15 is 0 Å². The molecule has 0 aliphatic rings. The van der Waals surface area contributed by atoms with E-state index in [9.17, 15) is 9.59 Å². The summed E-state index contributed by atoms with van der Waals surface area (Å²) in [6, 6.07) is 7.17. The Balaban J connectivity index is 1.81. The lowest BCUT2D eigenvalue weighted by Crippen LogP contribution is -2.30. The summed E-state index contributed by atoms with van der Waals surface area (Å²) in [6.07, 6.45) is 2.91. The molecular formula is C14H10ClN3O2S. The molecule has 0 saturated heterocycles. The first-order valence-electron chi connectivity index (χ1n) is 6.12. The van der Waals surface area contributed by atoms with Gasteiger partial charge >= 0.3 is 0 Å². The van der Waals surface area contributed by atoms with E-state index in [1.807, 2.05) is 6.07 Å². The van der Waals surface area contributed by atoms with Crippen molar-refractivity contribution in [2.75, 3.05) is 0 Å². The molecular weight excluding hydrogens is 310 g/mol. The minimum atomic E-state index is -0.451. The van der Waals surface area contributed by atoms with Crippen LogP contribution in [-0.4, -0.2) is 15.3 Å². The zero-order chi connectivity index (χ0) is 14.8. The lowest BCUT2D eigenvalue weighted by Gasteiger charge is -2.05. The van der Waals surface area contributed by atoms with Crippen molar-refractivity contribution in [1.29, 1.82) is 0 Å². The highest BCUT2D eigenvalue weighted by molar-refractivity contribution is 7.15. The number of hydrogen-bond donors (Lipinski definition) is 1. The number of fused-ring (bicyclic) bond motifs is 1. The summed E-state index contributed by atoms with van der Waals surface area (Å²) in [5.74, 6) is -0.451. The van der Waals surface area contributed by atoms with E-state index in [4.69, 9.17) is 11.6 Å². The van der Waals surface area contributed by atoms with Gasteiger partial charge < -0.3 is 5.32 Å². The van der Waals surface area contributed by atoms with E-state index in [0.717, 1.165) is 5.56 Å². The number of carbonyl (C=O) groups excluding carboxylic acids is 1. The van der Waals surface area contributed by atoms with Crippen LogP contribution in [0.3, 0.4) is 0 Å². The molecule has 1 N–H and O–H groups in total. The fraction of sp³-hybridized carbons (Fsp3) is 0.0714. The van der Waals surface area contributed by atoms with Crippen molar-refractivity contribution in [2.24, 2.45) is 0 Å². The summed E-state index contributed by atoms with van der Waals surface area (Å²) in [7, 11) is 0. The first-order valence-corrected chi connectivity index (χ1v) is 7.38. The molecule has 0 fully saturated rings. The summed E-state index contributed by atoms with van der Waals surface area (Å²) in [6.45, 7) is 0.297. The highest BCUT2D eigenvalue weighted by Gasteiger charge is 2.13. The number of aromatic nitrogens is 2. The van der Waals surface area contributed by atoms with Crippen molar-refractivity contribution in [3.05, 3.63) is 68.5 Å². The number of carbonyl (C=O) groups is 1. The van der Waals surface area contributed by atoms with Gasteiger partial charge in [-0.1, -0.05) is 23.7 Å². The number of hydrogen-bond acceptors (Lipinski definition) is 4. The normalized spacial score (nSPS) is 10.7. The number of nitrogens with one attached hydrogen (secondary N) is 1. The molecule has 0 aliphatic heterocycles. The Kier molecular flexibility index (Phi) is 3.72. The maximum atomic E-state index is 12.1. The van der Waals surface area contributed by atoms with Crippen molar-refractivity contribution in [2.45, 2.75) is 6.54 Å². The SMILES string of the molecule is O=C(NCc1cccc(Cl)c1)c1cnc2sccn2c1=O. The second-order valence-corrected chi connectivity index (χ2v) is 5.65. The van der Waals surface area contributed by atoms with Crippen LogP contribution in [0.1, 0.15) is 15.9 Å². The molecule has 2 heterocycles. The van der Waals surface area contributed by atoms with Gasteiger partial charge in [-0.3, -0.25) is 14.0 Å². The van der Waals surface area contributed by atoms with Gasteiger partial charge in [0.2, 0.25) is 0 Å². The average molecular weight is 320 g/mol. The first-order chi connectivity index (χ1) is 10.1. The van der Waals surface area contributed by atoms with Gasteiger partial charge in [0.1, 0.15) is 5.56 Å². The third kappa shape index (κ3) is 2.81. The van der Waals surface area contributed by atoms with E-state index in [0.29, 0.717) is 16.5 Å². The van der Waals surface area contributed by atoms with E-state index in [2.05, 4.69) is 10.3 Å². The third-order valence-electron chi connectivity index (χ3n) is 2.93. The summed E-state index contributed by atoms with van der Waals surface area (Å²) in [5, 5.41) is 5.04. The van der Waals surface area contributed by atoms with Gasteiger partial charge in [0.05, 0.1) is 0 Å². The lowest BCUT2D eigenvalue weighted by molar-refractivity contribution is 0.0949. The number of amides is 1. The van der Waals surface area contributed by atoms with Crippen molar-refractivity contribution in [1.82, 2.24) is 14.7 Å². The van der Waals surface area contributed by atoms with Crippen LogP contribution in [0, 0.1) is 0 Å². The molecule has 0 atom stereocenters. The molecule has 21 heavy (non-hydrogen) atoms. The van der Waals surface area contributed by atoms with E-state index in [1.54, 1.807) is 29.8 Å². The van der Waals surface area contributed by atoms with Crippen LogP contribution in [-0.2, 0) is 6.54 Å². The summed E-state index contributed by atoms with van der Waals surface area (Å²) < 4.78 is 1.36. The molecule has 1 aromatic carbocycles. The van der Waals surface area contributed by atoms with Crippen molar-refractivity contribution < 1.29 is 4.79 Å². The Morgan fingerprint density at radius 1 is 1.43 bits per heavy atom.